The van der Waals surface area contributed by atoms with Crippen molar-refractivity contribution in [1.82, 2.24) is 5.32 Å². The van der Waals surface area contributed by atoms with Crippen LogP contribution in [0.3, 0.4) is 0 Å². The third-order valence-electron chi connectivity index (χ3n) is 2.85. The van der Waals surface area contributed by atoms with Crippen molar-refractivity contribution in [3.05, 3.63) is 0 Å². The number of hydrogen-bond donors (Lipinski definition) is 2. The monoisotopic (exact) mass is 212 g/mol. The summed E-state index contributed by atoms with van der Waals surface area (Å²) in [4.78, 5) is 11.5. The molecule has 1 aliphatic rings. The number of nitrogens with two attached hydrogens (primary N) is 1. The fourth-order valence-electron chi connectivity index (χ4n) is 1.75. The molecule has 0 aromatic carbocycles. The molecule has 3 N–H and O–H groups in total. The highest BCUT2D eigenvalue weighted by atomic mass is 16.2. The van der Waals surface area contributed by atoms with Gasteiger partial charge in [0.25, 0.3) is 0 Å². The van der Waals surface area contributed by atoms with E-state index in [1.807, 2.05) is 0 Å². The fourth-order valence-corrected chi connectivity index (χ4v) is 1.75. The van der Waals surface area contributed by atoms with Crippen LogP contribution in [0.25, 0.3) is 0 Å². The van der Waals surface area contributed by atoms with Crippen molar-refractivity contribution in [3.8, 4) is 0 Å². The van der Waals surface area contributed by atoms with Crippen LogP contribution in [0, 0.1) is 11.8 Å². The van der Waals surface area contributed by atoms with Crippen LogP contribution in [0.15, 0.2) is 0 Å². The average Bonchev–Trinajstić information content (AvgIpc) is 2.94. The molecule has 0 aromatic rings. The minimum atomic E-state index is -0.328. The van der Waals surface area contributed by atoms with Crippen LogP contribution in [0.4, 0.5) is 0 Å². The number of carbonyl (C=O) groups excluding carboxylic acids is 1. The number of nitrogens with one attached hydrogen (secondary N) is 1. The number of amides is 1. The molecular weight excluding hydrogens is 188 g/mol. The van der Waals surface area contributed by atoms with E-state index < -0.39 is 0 Å². The minimum absolute atomic E-state index is 0.0134. The van der Waals surface area contributed by atoms with Gasteiger partial charge in [0.1, 0.15) is 0 Å². The molecule has 1 rings (SSSR count). The lowest BCUT2D eigenvalue weighted by Gasteiger charge is -2.13. The second kappa shape index (κ2) is 6.11. The van der Waals surface area contributed by atoms with Crippen LogP contribution in [-0.4, -0.2) is 18.5 Å². The van der Waals surface area contributed by atoms with E-state index in [1.54, 1.807) is 0 Å². The molecule has 3 heteroatoms. The molecule has 0 aliphatic heterocycles. The lowest BCUT2D eigenvalue weighted by Crippen LogP contribution is -2.41. The zero-order valence-corrected chi connectivity index (χ0v) is 9.96. The average molecular weight is 212 g/mol. The molecule has 1 atom stereocenters. The summed E-state index contributed by atoms with van der Waals surface area (Å²) in [5, 5.41) is 2.91. The first kappa shape index (κ1) is 12.5. The smallest absolute Gasteiger partial charge is 0.236 e. The van der Waals surface area contributed by atoms with Gasteiger partial charge in [0.2, 0.25) is 5.91 Å². The van der Waals surface area contributed by atoms with E-state index in [1.165, 1.54) is 19.3 Å². The van der Waals surface area contributed by atoms with E-state index in [4.69, 9.17) is 5.73 Å². The molecule has 1 fully saturated rings. The summed E-state index contributed by atoms with van der Waals surface area (Å²) in [6.07, 6.45) is 5.92. The highest BCUT2D eigenvalue weighted by Gasteiger charge is 2.20. The standard InChI is InChI=1S/C12H24N2O/c1-9(2)8-11(13)12(15)14-7-3-4-10-5-6-10/h9-11H,3-8,13H2,1-2H3,(H,14,15)/t11-/m0/s1. The van der Waals surface area contributed by atoms with Crippen molar-refractivity contribution in [2.45, 2.75) is 52.0 Å². The third kappa shape index (κ3) is 5.78. The van der Waals surface area contributed by atoms with E-state index in [0.717, 1.165) is 25.3 Å². The van der Waals surface area contributed by atoms with Gasteiger partial charge in [-0.1, -0.05) is 26.7 Å². The number of carbonyl (C=O) groups is 1. The Labute approximate surface area is 92.8 Å². The molecule has 0 radical (unpaired) electrons. The summed E-state index contributed by atoms with van der Waals surface area (Å²) in [6, 6.07) is -0.328. The Hall–Kier alpha value is -0.570. The Morgan fingerprint density at radius 1 is 1.47 bits per heavy atom. The topological polar surface area (TPSA) is 55.1 Å². The summed E-state index contributed by atoms with van der Waals surface area (Å²) in [6.45, 7) is 4.96. The lowest BCUT2D eigenvalue weighted by molar-refractivity contribution is -0.122. The summed E-state index contributed by atoms with van der Waals surface area (Å²) in [5.74, 6) is 1.45. The molecule has 0 heterocycles. The van der Waals surface area contributed by atoms with Crippen molar-refractivity contribution in [2.24, 2.45) is 17.6 Å². The first-order valence-electron chi connectivity index (χ1n) is 6.13. The molecule has 1 aliphatic carbocycles. The Morgan fingerprint density at radius 3 is 2.67 bits per heavy atom. The van der Waals surface area contributed by atoms with Crippen LogP contribution in [0.5, 0.6) is 0 Å². The van der Waals surface area contributed by atoms with Gasteiger partial charge in [0, 0.05) is 6.54 Å². The molecule has 1 saturated carbocycles. The molecule has 0 spiro atoms. The molecular formula is C12H24N2O. The van der Waals surface area contributed by atoms with Gasteiger partial charge in [-0.15, -0.1) is 0 Å². The maximum absolute atomic E-state index is 11.5. The van der Waals surface area contributed by atoms with Crippen molar-refractivity contribution < 1.29 is 4.79 Å². The van der Waals surface area contributed by atoms with Gasteiger partial charge < -0.3 is 11.1 Å². The Morgan fingerprint density at radius 2 is 2.13 bits per heavy atom. The normalized spacial score (nSPS) is 17.9. The van der Waals surface area contributed by atoms with Gasteiger partial charge in [-0.25, -0.2) is 0 Å². The zero-order valence-electron chi connectivity index (χ0n) is 9.96. The second-order valence-corrected chi connectivity index (χ2v) is 5.11. The molecule has 0 saturated heterocycles. The highest BCUT2D eigenvalue weighted by Crippen LogP contribution is 2.33. The van der Waals surface area contributed by atoms with Crippen LogP contribution in [0.2, 0.25) is 0 Å². The van der Waals surface area contributed by atoms with Crippen molar-refractivity contribution in [1.29, 1.82) is 0 Å². The van der Waals surface area contributed by atoms with Crippen LogP contribution in [-0.2, 0) is 4.79 Å². The molecule has 1 amide bonds. The van der Waals surface area contributed by atoms with Gasteiger partial charge in [-0.05, 0) is 31.1 Å². The minimum Gasteiger partial charge on any atom is -0.355 e. The van der Waals surface area contributed by atoms with E-state index in [2.05, 4.69) is 19.2 Å². The van der Waals surface area contributed by atoms with Gasteiger partial charge in [-0.2, -0.15) is 0 Å². The highest BCUT2D eigenvalue weighted by molar-refractivity contribution is 5.81. The predicted octanol–water partition coefficient (Wildman–Crippen LogP) is 1.67. The first-order valence-corrected chi connectivity index (χ1v) is 6.13. The van der Waals surface area contributed by atoms with Crippen LogP contribution >= 0.6 is 0 Å². The SMILES string of the molecule is CC(C)C[C@H](N)C(=O)NCCCC1CC1. The van der Waals surface area contributed by atoms with Gasteiger partial charge in [-0.3, -0.25) is 4.79 Å². The Kier molecular flexibility index (Phi) is 5.09. The van der Waals surface area contributed by atoms with E-state index in [9.17, 15) is 4.79 Å². The summed E-state index contributed by atoms with van der Waals surface area (Å²) >= 11 is 0. The summed E-state index contributed by atoms with van der Waals surface area (Å²) in [7, 11) is 0. The second-order valence-electron chi connectivity index (χ2n) is 5.11. The van der Waals surface area contributed by atoms with Gasteiger partial charge in [0.05, 0.1) is 6.04 Å². The van der Waals surface area contributed by atoms with Gasteiger partial charge in [0.15, 0.2) is 0 Å². The summed E-state index contributed by atoms with van der Waals surface area (Å²) in [5.41, 5.74) is 5.76. The fraction of sp³-hybridized carbons (Fsp3) is 0.917. The van der Waals surface area contributed by atoms with E-state index in [0.29, 0.717) is 5.92 Å². The quantitative estimate of drug-likeness (QED) is 0.631. The summed E-state index contributed by atoms with van der Waals surface area (Å²) < 4.78 is 0. The van der Waals surface area contributed by atoms with Crippen LogP contribution in [0.1, 0.15) is 46.0 Å². The van der Waals surface area contributed by atoms with Gasteiger partial charge >= 0.3 is 0 Å². The first-order chi connectivity index (χ1) is 7.09. The molecule has 0 bridgehead atoms. The molecule has 15 heavy (non-hydrogen) atoms. The molecule has 88 valence electrons. The van der Waals surface area contributed by atoms with E-state index in [-0.39, 0.29) is 11.9 Å². The lowest BCUT2D eigenvalue weighted by atomic mass is 10.0. The van der Waals surface area contributed by atoms with Crippen molar-refractivity contribution in [2.75, 3.05) is 6.54 Å². The maximum atomic E-state index is 11.5. The molecule has 0 aromatic heterocycles. The van der Waals surface area contributed by atoms with Crippen LogP contribution < -0.4 is 11.1 Å². The number of hydrogen-bond acceptors (Lipinski definition) is 2. The van der Waals surface area contributed by atoms with E-state index >= 15 is 0 Å². The molecule has 0 unspecified atom stereocenters. The maximum Gasteiger partial charge on any atom is 0.236 e. The zero-order chi connectivity index (χ0) is 11.3. The molecule has 3 nitrogen and oxygen atoms in total. The van der Waals surface area contributed by atoms with Crippen molar-refractivity contribution >= 4 is 5.91 Å². The largest absolute Gasteiger partial charge is 0.355 e. The Balaban J connectivity index is 2.00. The van der Waals surface area contributed by atoms with Crippen molar-refractivity contribution in [3.63, 3.8) is 0 Å². The predicted molar refractivity (Wildman–Crippen MR) is 62.4 cm³/mol. The third-order valence-corrected chi connectivity index (χ3v) is 2.85. The number of rotatable bonds is 7. The Bertz CT molecular complexity index is 200.